The van der Waals surface area contributed by atoms with Gasteiger partial charge < -0.3 is 15.3 Å². The van der Waals surface area contributed by atoms with Crippen LogP contribution in [0.25, 0.3) is 0 Å². The highest BCUT2D eigenvalue weighted by atomic mass is 32.2. The van der Waals surface area contributed by atoms with Crippen LogP contribution in [-0.2, 0) is 11.5 Å². The fourth-order valence-corrected chi connectivity index (χ4v) is 2.24. The number of anilines is 1. The molecule has 0 aliphatic heterocycles. The van der Waals surface area contributed by atoms with Crippen LogP contribution in [0.1, 0.15) is 11.3 Å². The lowest BCUT2D eigenvalue weighted by Gasteiger charge is -2.03. The number of thioether (sulfide) groups is 1. The van der Waals surface area contributed by atoms with Crippen molar-refractivity contribution in [3.05, 3.63) is 47.9 Å². The lowest BCUT2D eigenvalue weighted by atomic mass is 10.2. The molecule has 0 saturated heterocycles. The number of phenols is 1. The van der Waals surface area contributed by atoms with E-state index < -0.39 is 0 Å². The number of phenolic OH excluding ortho intramolecular Hbond substituents is 1. The second kappa shape index (κ2) is 4.99. The van der Waals surface area contributed by atoms with Crippen LogP contribution in [0.5, 0.6) is 5.75 Å². The largest absolute Gasteiger partial charge is 0.506 e. The number of hydrogen-bond donors (Lipinski definition) is 2. The van der Waals surface area contributed by atoms with Gasteiger partial charge in [0.1, 0.15) is 11.5 Å². The van der Waals surface area contributed by atoms with Gasteiger partial charge in [-0.1, -0.05) is 6.07 Å². The van der Waals surface area contributed by atoms with Crippen molar-refractivity contribution in [1.82, 2.24) is 0 Å². The molecule has 1 aromatic heterocycles. The van der Waals surface area contributed by atoms with Crippen molar-refractivity contribution in [1.29, 1.82) is 0 Å². The first kappa shape index (κ1) is 11.0. The first-order valence-electron chi connectivity index (χ1n) is 4.93. The minimum absolute atomic E-state index is 0.139. The maximum atomic E-state index is 9.27. The van der Waals surface area contributed by atoms with Crippen LogP contribution in [0.15, 0.2) is 41.0 Å². The molecule has 0 spiro atoms. The Labute approximate surface area is 98.3 Å². The number of nitrogens with two attached hydrogens (primary N) is 1. The van der Waals surface area contributed by atoms with Crippen LogP contribution in [0.2, 0.25) is 0 Å². The number of furan rings is 1. The molecule has 84 valence electrons. The Hall–Kier alpha value is -1.55. The Bertz CT molecular complexity index is 454. The summed E-state index contributed by atoms with van der Waals surface area (Å²) >= 11 is 1.75. The summed E-state index contributed by atoms with van der Waals surface area (Å²) in [5, 5.41) is 9.27. The molecule has 0 aliphatic carbocycles. The average molecular weight is 235 g/mol. The van der Waals surface area contributed by atoms with Crippen molar-refractivity contribution in [2.75, 3.05) is 5.73 Å². The van der Waals surface area contributed by atoms with Gasteiger partial charge in [0.25, 0.3) is 0 Å². The summed E-state index contributed by atoms with van der Waals surface area (Å²) in [6.07, 6.45) is 1.68. The van der Waals surface area contributed by atoms with Crippen molar-refractivity contribution in [3.63, 3.8) is 0 Å². The van der Waals surface area contributed by atoms with E-state index in [0.717, 1.165) is 22.8 Å². The van der Waals surface area contributed by atoms with Crippen molar-refractivity contribution in [2.45, 2.75) is 11.5 Å². The molecular formula is C12H13NO2S. The summed E-state index contributed by atoms with van der Waals surface area (Å²) in [5.41, 5.74) is 7.14. The fourth-order valence-electron chi connectivity index (χ4n) is 1.36. The summed E-state index contributed by atoms with van der Waals surface area (Å²) in [4.78, 5) is 0. The Morgan fingerprint density at radius 3 is 2.81 bits per heavy atom. The summed E-state index contributed by atoms with van der Waals surface area (Å²) in [6.45, 7) is 0. The molecule has 3 N–H and O–H groups in total. The van der Waals surface area contributed by atoms with E-state index in [0.29, 0.717) is 5.69 Å². The van der Waals surface area contributed by atoms with Crippen molar-refractivity contribution >= 4 is 17.4 Å². The lowest BCUT2D eigenvalue weighted by molar-refractivity contribution is 0.478. The van der Waals surface area contributed by atoms with E-state index in [9.17, 15) is 5.11 Å². The van der Waals surface area contributed by atoms with Gasteiger partial charge in [-0.25, -0.2) is 0 Å². The van der Waals surface area contributed by atoms with Gasteiger partial charge in [-0.05, 0) is 29.8 Å². The molecule has 0 unspecified atom stereocenters. The van der Waals surface area contributed by atoms with Crippen LogP contribution in [-0.4, -0.2) is 5.11 Å². The third-order valence-corrected chi connectivity index (χ3v) is 3.21. The zero-order valence-electron chi connectivity index (χ0n) is 8.72. The van der Waals surface area contributed by atoms with Crippen molar-refractivity contribution in [2.24, 2.45) is 0 Å². The zero-order chi connectivity index (χ0) is 11.4. The normalized spacial score (nSPS) is 10.5. The number of aromatic hydroxyl groups is 1. The monoisotopic (exact) mass is 235 g/mol. The number of nitrogen functional groups attached to an aromatic ring is 1. The van der Waals surface area contributed by atoms with Gasteiger partial charge in [-0.15, -0.1) is 11.8 Å². The van der Waals surface area contributed by atoms with E-state index in [-0.39, 0.29) is 5.75 Å². The molecule has 0 bridgehead atoms. The average Bonchev–Trinajstić information content (AvgIpc) is 2.76. The Kier molecular flexibility index (Phi) is 3.41. The third kappa shape index (κ3) is 2.73. The molecule has 1 heterocycles. The SMILES string of the molecule is Nc1cc(CSCc2ccco2)ccc1O. The molecule has 0 aliphatic rings. The predicted molar refractivity (Wildman–Crippen MR) is 66.2 cm³/mol. The Morgan fingerprint density at radius 1 is 1.25 bits per heavy atom. The van der Waals surface area contributed by atoms with E-state index in [1.807, 2.05) is 18.2 Å². The topological polar surface area (TPSA) is 59.4 Å². The summed E-state index contributed by atoms with van der Waals surface area (Å²) in [5.74, 6) is 2.80. The molecule has 1 aromatic carbocycles. The maximum absolute atomic E-state index is 9.27. The van der Waals surface area contributed by atoms with Crippen LogP contribution in [0, 0.1) is 0 Å². The zero-order valence-corrected chi connectivity index (χ0v) is 9.54. The highest BCUT2D eigenvalue weighted by molar-refractivity contribution is 7.97. The Balaban J connectivity index is 1.87. The quantitative estimate of drug-likeness (QED) is 0.631. The van der Waals surface area contributed by atoms with Gasteiger partial charge in [0, 0.05) is 5.75 Å². The van der Waals surface area contributed by atoms with E-state index >= 15 is 0 Å². The van der Waals surface area contributed by atoms with Gasteiger partial charge in [0.15, 0.2) is 0 Å². The summed E-state index contributed by atoms with van der Waals surface area (Å²) in [7, 11) is 0. The van der Waals surface area contributed by atoms with Gasteiger partial charge in [-0.3, -0.25) is 0 Å². The third-order valence-electron chi connectivity index (χ3n) is 2.19. The first-order chi connectivity index (χ1) is 7.75. The van der Waals surface area contributed by atoms with Crippen LogP contribution >= 0.6 is 11.8 Å². The highest BCUT2D eigenvalue weighted by Crippen LogP contribution is 2.24. The molecule has 0 amide bonds. The van der Waals surface area contributed by atoms with Gasteiger partial charge >= 0.3 is 0 Å². The van der Waals surface area contributed by atoms with Crippen molar-refractivity contribution in [3.8, 4) is 5.75 Å². The van der Waals surface area contributed by atoms with Gasteiger partial charge in [0.2, 0.25) is 0 Å². The molecular weight excluding hydrogens is 222 g/mol. The van der Waals surface area contributed by atoms with Gasteiger partial charge in [0.05, 0.1) is 17.7 Å². The molecule has 0 fully saturated rings. The molecule has 3 nitrogen and oxygen atoms in total. The number of benzene rings is 1. The predicted octanol–water partition coefficient (Wildman–Crippen LogP) is 3.00. The summed E-state index contributed by atoms with van der Waals surface area (Å²) < 4.78 is 5.23. The smallest absolute Gasteiger partial charge is 0.138 e. The van der Waals surface area contributed by atoms with Gasteiger partial charge in [-0.2, -0.15) is 0 Å². The van der Waals surface area contributed by atoms with Crippen LogP contribution in [0.4, 0.5) is 5.69 Å². The number of rotatable bonds is 4. The molecule has 0 saturated carbocycles. The van der Waals surface area contributed by atoms with E-state index in [2.05, 4.69) is 0 Å². The van der Waals surface area contributed by atoms with Crippen LogP contribution in [0.3, 0.4) is 0 Å². The molecule has 2 aromatic rings. The fraction of sp³-hybridized carbons (Fsp3) is 0.167. The molecule has 0 radical (unpaired) electrons. The highest BCUT2D eigenvalue weighted by Gasteiger charge is 2.00. The standard InChI is InChI=1S/C12H13NO2S/c13-11-6-9(3-4-12(11)14)7-16-8-10-2-1-5-15-10/h1-6,14H,7-8,13H2. The van der Waals surface area contributed by atoms with E-state index in [1.165, 1.54) is 0 Å². The van der Waals surface area contributed by atoms with E-state index in [4.69, 9.17) is 10.2 Å². The maximum Gasteiger partial charge on any atom is 0.138 e. The van der Waals surface area contributed by atoms with E-state index in [1.54, 1.807) is 30.2 Å². The molecule has 4 heteroatoms. The second-order valence-corrected chi connectivity index (χ2v) is 4.45. The minimum atomic E-state index is 0.139. The minimum Gasteiger partial charge on any atom is -0.506 e. The molecule has 0 atom stereocenters. The Morgan fingerprint density at radius 2 is 2.12 bits per heavy atom. The lowest BCUT2D eigenvalue weighted by Crippen LogP contribution is -1.88. The van der Waals surface area contributed by atoms with Crippen LogP contribution < -0.4 is 5.73 Å². The summed E-state index contributed by atoms with van der Waals surface area (Å²) in [6, 6.07) is 9.13. The molecule has 2 rings (SSSR count). The molecule has 16 heavy (non-hydrogen) atoms. The number of hydrogen-bond acceptors (Lipinski definition) is 4. The first-order valence-corrected chi connectivity index (χ1v) is 6.08. The second-order valence-electron chi connectivity index (χ2n) is 3.47. The van der Waals surface area contributed by atoms with Crippen molar-refractivity contribution < 1.29 is 9.52 Å².